The van der Waals surface area contributed by atoms with Crippen molar-refractivity contribution in [3.63, 3.8) is 0 Å². The number of ether oxygens (including phenoxy) is 7. The quantitative estimate of drug-likeness (QED) is 0.0280. The number of aromatic hydroxyl groups is 2. The van der Waals surface area contributed by atoms with Crippen molar-refractivity contribution < 1.29 is 62.9 Å². The fourth-order valence-electron chi connectivity index (χ4n) is 9.41. The molecule has 24 heteroatoms. The van der Waals surface area contributed by atoms with E-state index >= 15 is 0 Å². The molecule has 0 heterocycles. The van der Waals surface area contributed by atoms with Crippen LogP contribution in [0, 0.1) is 12.8 Å². The van der Waals surface area contributed by atoms with Crippen molar-refractivity contribution in [2.45, 2.75) is 68.0 Å². The highest BCUT2D eigenvalue weighted by Gasteiger charge is 2.21. The lowest BCUT2D eigenvalue weighted by Gasteiger charge is -2.20. The highest BCUT2D eigenvalue weighted by molar-refractivity contribution is 9.11. The molecule has 10 rings (SSSR count). The number of hydrogen-bond donors (Lipinski definition) is 4. The number of carbonyl (C=O) groups excluding carboxylic acids is 2. The van der Waals surface area contributed by atoms with Gasteiger partial charge < -0.3 is 63.6 Å². The summed E-state index contributed by atoms with van der Waals surface area (Å²) in [5, 5.41) is 31.4. The average molecular weight is 1720 g/mol. The van der Waals surface area contributed by atoms with Crippen LogP contribution >= 0.6 is 64.8 Å². The molecule has 0 aromatic heterocycles. The van der Waals surface area contributed by atoms with E-state index < -0.39 is 12.4 Å². The second-order valence-electron chi connectivity index (χ2n) is 22.7. The SMILES string of the molecule is Br.C.C.C.C#C.CNCCc1ccc(OCc2ccccc2)cc1.COc1cc(Br)c(C(=O)N(C)CCc2ccc(O)cc2)cc1O.COc1cc(Br)c(C(=O)N(C)CCc2ccc(OCc3ccccc3)cc2)cc1OCc1ccccc1.COc1cc(Br)c(C(=O)O)cc1OCc1ccccc1.[B]B([B])[B]. The number of phenolic OH excluding ortho intramolecular Hbond substituents is 2. The highest BCUT2D eigenvalue weighted by atomic mass is 79.9. The van der Waals surface area contributed by atoms with Gasteiger partial charge >= 0.3 is 5.97 Å². The van der Waals surface area contributed by atoms with Crippen LogP contribution in [0.1, 0.15) is 92.3 Å². The lowest BCUT2D eigenvalue weighted by Crippen LogP contribution is -2.29. The number of amides is 2. The maximum atomic E-state index is 13.3. The monoisotopic (exact) mass is 1710 g/mol. The van der Waals surface area contributed by atoms with Gasteiger partial charge in [-0.15, -0.1) is 29.8 Å². The Morgan fingerprint density at radius 3 is 1.06 bits per heavy atom. The molecule has 0 bridgehead atoms. The number of terminal acetylenes is 1. The second kappa shape index (κ2) is 53.3. The van der Waals surface area contributed by atoms with Gasteiger partial charge in [-0.2, -0.15) is 0 Å². The summed E-state index contributed by atoms with van der Waals surface area (Å²) in [4.78, 5) is 40.2. The molecule has 0 unspecified atom stereocenters. The Kier molecular flexibility index (Phi) is 47.7. The molecule has 108 heavy (non-hydrogen) atoms. The summed E-state index contributed by atoms with van der Waals surface area (Å²) in [7, 11) is 24.0. The van der Waals surface area contributed by atoms with Gasteiger partial charge in [0, 0.05) is 70.2 Å². The van der Waals surface area contributed by atoms with Gasteiger partial charge in [-0.1, -0.05) is 180 Å². The van der Waals surface area contributed by atoms with E-state index in [1.165, 1.54) is 37.5 Å². The third kappa shape index (κ3) is 34.2. The number of carboxylic acids is 1. The summed E-state index contributed by atoms with van der Waals surface area (Å²) in [5.41, 5.74) is 8.87. The van der Waals surface area contributed by atoms with Crippen LogP contribution in [0.15, 0.2) is 244 Å². The third-order valence-electron chi connectivity index (χ3n) is 15.0. The Hall–Kier alpha value is -9.49. The van der Waals surface area contributed by atoms with Crippen molar-refractivity contribution >= 4 is 112 Å². The molecular formula is C84H95B4Br4N3O13. The Bertz CT molecular complexity index is 4220. The summed E-state index contributed by atoms with van der Waals surface area (Å²) < 4.78 is 40.6. The van der Waals surface area contributed by atoms with E-state index in [2.05, 4.69) is 113 Å². The van der Waals surface area contributed by atoms with Crippen LogP contribution < -0.4 is 38.5 Å². The van der Waals surface area contributed by atoms with Crippen molar-refractivity contribution in [2.24, 2.45) is 0 Å². The van der Waals surface area contributed by atoms with Gasteiger partial charge in [0.1, 0.15) is 43.7 Å². The molecule has 10 aromatic rings. The minimum absolute atomic E-state index is 0. The number of halogens is 4. The molecule has 0 fully saturated rings. The summed E-state index contributed by atoms with van der Waals surface area (Å²) in [5.74, 6) is 2.85. The van der Waals surface area contributed by atoms with Gasteiger partial charge in [0.25, 0.3) is 11.8 Å². The molecule has 0 aliphatic heterocycles. The van der Waals surface area contributed by atoms with Crippen LogP contribution in [0.3, 0.4) is 0 Å². The van der Waals surface area contributed by atoms with Crippen LogP contribution in [-0.4, -0.2) is 135 Å². The lowest BCUT2D eigenvalue weighted by molar-refractivity contribution is 0.0693. The number of hydrogen-bond acceptors (Lipinski definition) is 13. The average Bonchev–Trinajstić information content (AvgIpc) is 0.853. The van der Waals surface area contributed by atoms with Gasteiger partial charge in [-0.3, -0.25) is 9.59 Å². The molecule has 2 amide bonds. The van der Waals surface area contributed by atoms with Crippen LogP contribution in [0.4, 0.5) is 0 Å². The highest BCUT2D eigenvalue weighted by Crippen LogP contribution is 2.37. The predicted molar refractivity (Wildman–Crippen MR) is 457 cm³/mol. The molecule has 6 radical (unpaired) electrons. The minimum Gasteiger partial charge on any atom is -0.508 e. The molecule has 10 aromatic carbocycles. The molecule has 0 atom stereocenters. The Labute approximate surface area is 679 Å². The van der Waals surface area contributed by atoms with Crippen molar-refractivity contribution in [1.29, 1.82) is 0 Å². The summed E-state index contributed by atoms with van der Waals surface area (Å²) in [6.07, 6.45) is 9.78. The molecule has 16 nitrogen and oxygen atoms in total. The van der Waals surface area contributed by atoms with Crippen molar-refractivity contribution in [3.05, 3.63) is 300 Å². The number of rotatable bonds is 27. The van der Waals surface area contributed by atoms with E-state index in [0.717, 1.165) is 58.7 Å². The number of likely N-dealkylation sites (N-methyl/N-ethyl adjacent to an activating group) is 3. The smallest absolute Gasteiger partial charge is 0.336 e. The number of methoxy groups -OCH3 is 3. The molecule has 4 N–H and O–H groups in total. The number of carbonyl (C=O) groups is 3. The van der Waals surface area contributed by atoms with Crippen molar-refractivity contribution in [2.75, 3.05) is 62.1 Å². The van der Waals surface area contributed by atoms with Gasteiger partial charge in [0.15, 0.2) is 34.5 Å². The molecular weight excluding hydrogens is 1620 g/mol. The van der Waals surface area contributed by atoms with Crippen molar-refractivity contribution in [3.8, 4) is 64.6 Å². The number of aromatic carboxylic acids is 1. The topological polar surface area (TPSA) is 195 Å². The number of benzene rings is 10. The number of nitrogens with zero attached hydrogens (tertiary/aromatic N) is 2. The largest absolute Gasteiger partial charge is 0.508 e. The zero-order valence-corrected chi connectivity index (χ0v) is 65.8. The lowest BCUT2D eigenvalue weighted by atomic mass is 9.08. The van der Waals surface area contributed by atoms with E-state index in [9.17, 15) is 24.6 Å². The van der Waals surface area contributed by atoms with Crippen molar-refractivity contribution in [1.82, 2.24) is 15.1 Å². The van der Waals surface area contributed by atoms with E-state index in [0.29, 0.717) is 99.2 Å². The molecule has 564 valence electrons. The van der Waals surface area contributed by atoms with E-state index in [-0.39, 0.29) is 68.1 Å². The normalized spacial score (nSPS) is 9.66. The van der Waals surface area contributed by atoms with Gasteiger partial charge in [0.2, 0.25) is 0 Å². The van der Waals surface area contributed by atoms with Gasteiger partial charge in [0.05, 0.1) is 38.0 Å². The standard InChI is InChI=1S/C31H30BrNO4.C17H18BrNO4.C16H19NO.C15H13BrO4.C2H2.3CH4.B4.BrH/c1-33(18-17-23-13-15-26(16-14-23)36-21-24-9-5-3-6-10-24)31(34)27-19-30(29(35-2)20-28(27)32)37-22-25-11-7-4-8-12-25;1-19(8-7-11-3-5-12(20)6-4-11)17(22)13-9-15(21)16(23-2)10-14(13)18;1-17-12-11-14-7-9-16(10-8-14)18-13-15-5-3-2-4-6-15;1-19-13-8-12(16)11(15(17)18)7-14(13)20-9-10-5-3-2-4-6-10;1-2;;;;1-4(2)3;/h3-16,19-20H,17-18,21-22H2,1-2H3;3-6,9-10,20-21H,7-8H2,1-2H3;2-10,17H,11-13H2,1H3;2-8H,9H2,1H3,(H,17,18);1-2H;3*1H4;;1H. The number of nitrogens with one attached hydrogen (secondary N) is 1. The first-order valence-electron chi connectivity index (χ1n) is 32.6. The van der Waals surface area contributed by atoms with Crippen LogP contribution in [0.25, 0.3) is 0 Å². The fourth-order valence-corrected chi connectivity index (χ4v) is 10.9. The fraction of sp³-hybridized carbons (Fsp3) is 0.226. The maximum Gasteiger partial charge on any atom is 0.336 e. The minimum atomic E-state index is -1.02. The molecule has 0 spiro atoms. The molecule has 0 saturated heterocycles. The first kappa shape index (κ1) is 96.5. The van der Waals surface area contributed by atoms with E-state index in [1.54, 1.807) is 67.4 Å². The predicted octanol–water partition coefficient (Wildman–Crippen LogP) is 18.1. The summed E-state index contributed by atoms with van der Waals surface area (Å²) in [6.45, 7) is 3.97. The first-order chi connectivity index (χ1) is 50.2. The van der Waals surface area contributed by atoms with Gasteiger partial charge in [-0.05, 0) is 192 Å². The Morgan fingerprint density at radius 1 is 0.426 bits per heavy atom. The number of phenols is 2. The van der Waals surface area contributed by atoms with E-state index in [1.807, 2.05) is 165 Å². The molecule has 0 saturated carbocycles. The zero-order valence-electron chi connectivity index (χ0n) is 59.3. The van der Waals surface area contributed by atoms with Crippen LogP contribution in [-0.2, 0) is 45.7 Å². The molecule has 0 aliphatic rings. The van der Waals surface area contributed by atoms with Crippen LogP contribution in [0.2, 0.25) is 0 Å². The van der Waals surface area contributed by atoms with Gasteiger partial charge in [-0.25, -0.2) is 4.79 Å². The number of carboxylic acid groups (broad SMARTS) is 1. The first-order valence-corrected chi connectivity index (χ1v) is 35.0. The Balaban J connectivity index is 0.000000720. The third-order valence-corrected chi connectivity index (χ3v) is 17.0. The van der Waals surface area contributed by atoms with E-state index in [4.69, 9.17) is 38.3 Å². The zero-order chi connectivity index (χ0) is 75.8. The maximum absolute atomic E-state index is 13.3. The Morgan fingerprint density at radius 2 is 0.722 bits per heavy atom. The molecule has 0 aliphatic carbocycles. The summed E-state index contributed by atoms with van der Waals surface area (Å²) in [6, 6.07) is 72.5. The summed E-state index contributed by atoms with van der Waals surface area (Å²) >= 11 is 10.1. The second-order valence-corrected chi connectivity index (χ2v) is 25.3. The van der Waals surface area contributed by atoms with Crippen LogP contribution in [0.5, 0.6) is 51.7 Å².